The van der Waals surface area contributed by atoms with Gasteiger partial charge in [0.2, 0.25) is 0 Å². The second kappa shape index (κ2) is 9.19. The van der Waals surface area contributed by atoms with Crippen molar-refractivity contribution in [3.05, 3.63) is 35.5 Å². The molecule has 0 radical (unpaired) electrons. The normalized spacial score (nSPS) is 40.9. The minimum atomic E-state index is -0.906. The summed E-state index contributed by atoms with van der Waals surface area (Å²) in [4.78, 5) is 36.1. The third-order valence-electron chi connectivity index (χ3n) is 6.51. The highest BCUT2D eigenvalue weighted by Crippen LogP contribution is 2.50. The molecule has 0 spiro atoms. The Morgan fingerprint density at radius 3 is 2.44 bits per heavy atom. The van der Waals surface area contributed by atoms with Gasteiger partial charge in [-0.25, -0.2) is 4.79 Å². The van der Waals surface area contributed by atoms with Crippen molar-refractivity contribution in [2.24, 2.45) is 5.92 Å². The van der Waals surface area contributed by atoms with Gasteiger partial charge in [0, 0.05) is 32.3 Å². The van der Waals surface area contributed by atoms with Gasteiger partial charge in [-0.15, -0.1) is 0 Å². The molecular weight excluding hydrogens is 416 g/mol. The van der Waals surface area contributed by atoms with E-state index in [-0.39, 0.29) is 5.57 Å². The number of hydrogen-bond donors (Lipinski definition) is 1. The number of epoxide rings is 1. The van der Waals surface area contributed by atoms with Gasteiger partial charge < -0.3 is 24.1 Å². The first-order valence-electron chi connectivity index (χ1n) is 10.9. The molecule has 2 aliphatic heterocycles. The lowest BCUT2D eigenvalue weighted by atomic mass is 9.82. The number of hydrogen-bond acceptors (Lipinski definition) is 8. The van der Waals surface area contributed by atoms with Crippen molar-refractivity contribution < 1.29 is 38.4 Å². The Bertz CT molecular complexity index is 871. The molecule has 0 aromatic rings. The van der Waals surface area contributed by atoms with Crippen LogP contribution in [0.25, 0.3) is 0 Å². The topological polar surface area (TPSA) is 112 Å². The summed E-state index contributed by atoms with van der Waals surface area (Å²) in [5.41, 5.74) is 0.970. The lowest BCUT2D eigenvalue weighted by Gasteiger charge is -2.28. The first-order chi connectivity index (χ1) is 14.9. The zero-order chi connectivity index (χ0) is 23.8. The van der Waals surface area contributed by atoms with Gasteiger partial charge in [0.25, 0.3) is 0 Å². The van der Waals surface area contributed by atoms with E-state index in [1.807, 2.05) is 26.0 Å². The Labute approximate surface area is 188 Å². The molecule has 1 N–H and O–H groups in total. The fraction of sp³-hybridized carbons (Fsp3) is 0.625. The summed E-state index contributed by atoms with van der Waals surface area (Å²) in [7, 11) is 0. The number of aliphatic hydroxyl groups excluding tert-OH is 1. The van der Waals surface area contributed by atoms with Crippen LogP contribution in [0.15, 0.2) is 35.5 Å². The number of ether oxygens (including phenoxy) is 4. The van der Waals surface area contributed by atoms with Gasteiger partial charge >= 0.3 is 17.9 Å². The molecular formula is C24H32O8. The van der Waals surface area contributed by atoms with E-state index in [2.05, 4.69) is 6.58 Å². The van der Waals surface area contributed by atoms with E-state index in [0.717, 1.165) is 11.1 Å². The van der Waals surface area contributed by atoms with Crippen molar-refractivity contribution in [3.8, 4) is 0 Å². The summed E-state index contributed by atoms with van der Waals surface area (Å²) in [6.07, 6.45) is 1.45. The molecule has 0 aromatic heterocycles. The second-order valence-electron chi connectivity index (χ2n) is 9.08. The quantitative estimate of drug-likeness (QED) is 0.226. The molecule has 0 saturated carbocycles. The fourth-order valence-corrected chi connectivity index (χ4v) is 4.57. The first-order valence-corrected chi connectivity index (χ1v) is 10.9. The molecule has 3 aliphatic rings. The third-order valence-corrected chi connectivity index (χ3v) is 6.51. The zero-order valence-electron chi connectivity index (χ0n) is 19.3. The number of rotatable bonds is 2. The van der Waals surface area contributed by atoms with Crippen LogP contribution in [0.3, 0.4) is 0 Å². The molecule has 3 rings (SSSR count). The molecule has 2 saturated heterocycles. The molecule has 32 heavy (non-hydrogen) atoms. The average molecular weight is 449 g/mol. The van der Waals surface area contributed by atoms with Crippen molar-refractivity contribution in [2.75, 3.05) is 0 Å². The Morgan fingerprint density at radius 2 is 1.81 bits per heavy atom. The molecule has 1 aliphatic carbocycles. The maximum absolute atomic E-state index is 12.4. The van der Waals surface area contributed by atoms with Crippen LogP contribution < -0.4 is 0 Å². The van der Waals surface area contributed by atoms with Crippen molar-refractivity contribution in [1.82, 2.24) is 0 Å². The molecule has 7 atom stereocenters. The molecule has 0 bridgehead atoms. The Hall–Kier alpha value is -2.45. The van der Waals surface area contributed by atoms with E-state index in [4.69, 9.17) is 18.9 Å². The number of esters is 3. The standard InChI is InChI=1S/C24H32O8/c1-12-7-9-17(27)13(2)8-10-19(30-16(5)26)24(6)22(32-24)21-20(14(3)23(28)31-21)18(11-12)29-15(4)25/h7-8,17-22,27H,3,9-11H2,1-2,4-6H3/b12-7-,13-8+/t17-,18+,19+,20+,21-,22-,24-/m0/s1. The first kappa shape index (κ1) is 24.2. The van der Waals surface area contributed by atoms with Crippen LogP contribution in [-0.2, 0) is 33.3 Å². The second-order valence-corrected chi connectivity index (χ2v) is 9.08. The number of carbonyl (C=O) groups excluding carboxylic acids is 3. The van der Waals surface area contributed by atoms with Crippen molar-refractivity contribution >= 4 is 17.9 Å². The van der Waals surface area contributed by atoms with Crippen molar-refractivity contribution in [2.45, 2.75) is 90.0 Å². The van der Waals surface area contributed by atoms with E-state index in [9.17, 15) is 19.5 Å². The van der Waals surface area contributed by atoms with Crippen LogP contribution in [0, 0.1) is 5.92 Å². The fourth-order valence-electron chi connectivity index (χ4n) is 4.57. The van der Waals surface area contributed by atoms with E-state index >= 15 is 0 Å². The van der Waals surface area contributed by atoms with Crippen molar-refractivity contribution in [3.63, 3.8) is 0 Å². The van der Waals surface area contributed by atoms with E-state index < -0.39 is 59.9 Å². The molecule has 176 valence electrons. The lowest BCUT2D eigenvalue weighted by molar-refractivity contribution is -0.151. The van der Waals surface area contributed by atoms with Gasteiger partial charge in [-0.2, -0.15) is 0 Å². The van der Waals surface area contributed by atoms with Crippen LogP contribution in [0.5, 0.6) is 0 Å². The maximum atomic E-state index is 12.4. The predicted octanol–water partition coefficient (Wildman–Crippen LogP) is 2.54. The molecule has 0 amide bonds. The van der Waals surface area contributed by atoms with Gasteiger partial charge in [0.15, 0.2) is 0 Å². The monoisotopic (exact) mass is 448 g/mol. The highest BCUT2D eigenvalue weighted by atomic mass is 16.7. The summed E-state index contributed by atoms with van der Waals surface area (Å²) in [6, 6.07) is 0. The predicted molar refractivity (Wildman–Crippen MR) is 114 cm³/mol. The molecule has 8 heteroatoms. The summed E-state index contributed by atoms with van der Waals surface area (Å²) >= 11 is 0. The zero-order valence-corrected chi connectivity index (χ0v) is 19.3. The summed E-state index contributed by atoms with van der Waals surface area (Å²) in [5.74, 6) is -2.11. The largest absolute Gasteiger partial charge is 0.461 e. The molecule has 2 fully saturated rings. The van der Waals surface area contributed by atoms with Crippen LogP contribution >= 0.6 is 0 Å². The number of aliphatic hydroxyl groups is 1. The summed E-state index contributed by atoms with van der Waals surface area (Å²) in [5, 5.41) is 10.5. The molecule has 8 nitrogen and oxygen atoms in total. The molecule has 0 unspecified atom stereocenters. The smallest absolute Gasteiger partial charge is 0.334 e. The highest BCUT2D eigenvalue weighted by molar-refractivity contribution is 5.91. The lowest BCUT2D eigenvalue weighted by Crippen LogP contribution is -2.41. The maximum Gasteiger partial charge on any atom is 0.334 e. The van der Waals surface area contributed by atoms with Crippen LogP contribution in [-0.4, -0.2) is 59.1 Å². The summed E-state index contributed by atoms with van der Waals surface area (Å²) in [6.45, 7) is 12.0. The highest BCUT2D eigenvalue weighted by Gasteiger charge is 2.67. The number of carbonyl (C=O) groups is 3. The Morgan fingerprint density at radius 1 is 1.16 bits per heavy atom. The van der Waals surface area contributed by atoms with E-state index in [0.29, 0.717) is 19.3 Å². The van der Waals surface area contributed by atoms with Gasteiger partial charge in [0.1, 0.15) is 30.0 Å². The van der Waals surface area contributed by atoms with Gasteiger partial charge in [-0.05, 0) is 32.8 Å². The Kier molecular flexibility index (Phi) is 6.95. The van der Waals surface area contributed by atoms with Gasteiger partial charge in [0.05, 0.1) is 12.0 Å². The molecule has 0 aromatic carbocycles. The van der Waals surface area contributed by atoms with Gasteiger partial charge in [-0.3, -0.25) is 9.59 Å². The van der Waals surface area contributed by atoms with Crippen LogP contribution in [0.4, 0.5) is 0 Å². The summed E-state index contributed by atoms with van der Waals surface area (Å²) < 4.78 is 22.8. The van der Waals surface area contributed by atoms with Crippen molar-refractivity contribution in [1.29, 1.82) is 0 Å². The van der Waals surface area contributed by atoms with E-state index in [1.54, 1.807) is 6.92 Å². The number of fused-ring (bicyclic) bond motifs is 3. The van der Waals surface area contributed by atoms with E-state index in [1.165, 1.54) is 13.8 Å². The van der Waals surface area contributed by atoms with Crippen LogP contribution in [0.2, 0.25) is 0 Å². The molecule has 2 heterocycles. The SMILES string of the molecule is C=C1C(=O)O[C@H]2[C@H]1[C@H](OC(C)=O)C/C(C)=C\C[C@H](O)/C(C)=C/C[C@@H](OC(C)=O)[C@]1(C)O[C@@H]21. The third kappa shape index (κ3) is 4.96. The average Bonchev–Trinajstić information content (AvgIpc) is 3.30. The Balaban J connectivity index is 2.03. The van der Waals surface area contributed by atoms with Crippen LogP contribution in [0.1, 0.15) is 53.9 Å². The minimum Gasteiger partial charge on any atom is -0.461 e. The minimum absolute atomic E-state index is 0.221. The van der Waals surface area contributed by atoms with Gasteiger partial charge in [-0.1, -0.05) is 24.3 Å².